The van der Waals surface area contributed by atoms with E-state index in [2.05, 4.69) is 27.0 Å². The lowest BCUT2D eigenvalue weighted by Crippen LogP contribution is -2.56. The van der Waals surface area contributed by atoms with Gasteiger partial charge in [-0.3, -0.25) is 19.2 Å². The van der Waals surface area contributed by atoms with E-state index in [9.17, 15) is 24.4 Å². The van der Waals surface area contributed by atoms with Crippen molar-refractivity contribution in [1.82, 2.24) is 20.5 Å². The molecule has 2 aromatic rings. The van der Waals surface area contributed by atoms with E-state index in [4.69, 9.17) is 0 Å². The van der Waals surface area contributed by atoms with Gasteiger partial charge in [-0.05, 0) is 56.6 Å². The molecule has 0 unspecified atom stereocenters. The van der Waals surface area contributed by atoms with Crippen LogP contribution in [-0.2, 0) is 14.4 Å². The number of hydrogen-bond donors (Lipinski definition) is 3. The number of anilines is 1. The molecular weight excluding hydrogens is 552 g/mol. The molecule has 4 amide bonds. The lowest BCUT2D eigenvalue weighted by atomic mass is 9.86. The summed E-state index contributed by atoms with van der Waals surface area (Å²) in [7, 11) is 0. The van der Waals surface area contributed by atoms with Gasteiger partial charge in [0.2, 0.25) is 17.7 Å². The summed E-state index contributed by atoms with van der Waals surface area (Å²) >= 11 is 1.25. The van der Waals surface area contributed by atoms with Crippen molar-refractivity contribution in [2.75, 3.05) is 11.9 Å². The number of para-hydroxylation sites is 1. The Labute approximate surface area is 251 Å². The lowest BCUT2D eigenvalue weighted by molar-refractivity contribution is -0.138. The average molecular weight is 593 g/mol. The average Bonchev–Trinajstić information content (AvgIpc) is 3.52. The molecule has 2 heterocycles. The minimum Gasteiger partial charge on any atom is -0.342 e. The van der Waals surface area contributed by atoms with Crippen molar-refractivity contribution in [2.45, 2.75) is 84.8 Å². The molecule has 1 saturated carbocycles. The highest BCUT2D eigenvalue weighted by Gasteiger charge is 2.49. The molecule has 1 aromatic heterocycles. The minimum atomic E-state index is -0.989. The maximum atomic E-state index is 14.0. The number of amides is 4. The number of aromatic nitrogens is 1. The van der Waals surface area contributed by atoms with Crippen molar-refractivity contribution in [3.8, 4) is 6.07 Å². The van der Waals surface area contributed by atoms with Crippen LogP contribution in [0.4, 0.5) is 5.69 Å². The largest absolute Gasteiger partial charge is 0.342 e. The van der Waals surface area contributed by atoms with Crippen LogP contribution in [0.5, 0.6) is 0 Å². The first-order valence-corrected chi connectivity index (χ1v) is 15.2. The van der Waals surface area contributed by atoms with Crippen LogP contribution < -0.4 is 16.0 Å². The van der Waals surface area contributed by atoms with Gasteiger partial charge in [0.05, 0.1) is 22.7 Å². The van der Waals surface area contributed by atoms with Crippen molar-refractivity contribution in [1.29, 1.82) is 5.26 Å². The first-order chi connectivity index (χ1) is 19.8. The lowest BCUT2D eigenvalue weighted by Gasteiger charge is -2.32. The molecule has 4 rings (SSSR count). The Morgan fingerprint density at radius 1 is 1.14 bits per heavy atom. The third-order valence-electron chi connectivity index (χ3n) is 7.72. The molecule has 0 spiro atoms. The quantitative estimate of drug-likeness (QED) is 0.380. The van der Waals surface area contributed by atoms with E-state index < -0.39 is 35.4 Å². The summed E-state index contributed by atoms with van der Waals surface area (Å²) in [5, 5.41) is 19.4. The van der Waals surface area contributed by atoms with Crippen molar-refractivity contribution in [3.05, 3.63) is 46.4 Å². The summed E-state index contributed by atoms with van der Waals surface area (Å²) in [5.74, 6) is -1.14. The van der Waals surface area contributed by atoms with Crippen molar-refractivity contribution >= 4 is 40.7 Å². The number of carbonyl (C=O) groups excluding carboxylic acids is 4. The Kier molecular flexibility index (Phi) is 9.36. The number of rotatable bonds is 10. The highest BCUT2D eigenvalue weighted by Crippen LogP contribution is 2.37. The Hall–Kier alpha value is -3.78. The van der Waals surface area contributed by atoms with Crippen LogP contribution >= 0.6 is 11.3 Å². The molecule has 1 saturated heterocycles. The monoisotopic (exact) mass is 592 g/mol. The molecule has 1 aromatic carbocycles. The molecule has 2 fully saturated rings. The van der Waals surface area contributed by atoms with Gasteiger partial charge in [-0.15, -0.1) is 11.3 Å². The summed E-state index contributed by atoms with van der Waals surface area (Å²) in [4.78, 5) is 59.9. The Balaban J connectivity index is 1.51. The molecule has 3 N–H and O–H groups in total. The van der Waals surface area contributed by atoms with Gasteiger partial charge < -0.3 is 20.9 Å². The van der Waals surface area contributed by atoms with Crippen LogP contribution in [-0.4, -0.2) is 58.2 Å². The second-order valence-corrected chi connectivity index (χ2v) is 14.2. The van der Waals surface area contributed by atoms with Crippen LogP contribution in [0.15, 0.2) is 36.5 Å². The normalized spacial score (nSPS) is 21.6. The molecule has 11 heteroatoms. The topological polar surface area (TPSA) is 144 Å². The summed E-state index contributed by atoms with van der Waals surface area (Å²) in [6.45, 7) is 9.52. The van der Waals surface area contributed by atoms with Gasteiger partial charge >= 0.3 is 0 Å². The third-order valence-corrected chi connectivity index (χ3v) is 8.63. The third kappa shape index (κ3) is 7.94. The molecule has 10 nitrogen and oxygen atoms in total. The summed E-state index contributed by atoms with van der Waals surface area (Å²) in [5.41, 5.74) is -0.687. The molecule has 1 aliphatic carbocycles. The Bertz CT molecular complexity index is 1360. The number of hydrogen-bond acceptors (Lipinski definition) is 7. The van der Waals surface area contributed by atoms with Crippen LogP contribution in [0.2, 0.25) is 0 Å². The van der Waals surface area contributed by atoms with Gasteiger partial charge in [0, 0.05) is 12.2 Å². The van der Waals surface area contributed by atoms with Crippen molar-refractivity contribution < 1.29 is 19.2 Å². The zero-order valence-electron chi connectivity index (χ0n) is 24.9. The number of benzene rings is 1. The molecule has 224 valence electrons. The van der Waals surface area contributed by atoms with Gasteiger partial charge in [-0.25, -0.2) is 4.98 Å². The first-order valence-electron chi connectivity index (χ1n) is 14.4. The van der Waals surface area contributed by atoms with Crippen LogP contribution in [0, 0.1) is 35.0 Å². The predicted octanol–water partition coefficient (Wildman–Crippen LogP) is 4.04. The number of thiazole rings is 1. The number of nitrogens with one attached hydrogen (secondary N) is 3. The maximum absolute atomic E-state index is 14.0. The first kappa shape index (κ1) is 31.2. The van der Waals surface area contributed by atoms with E-state index in [0.29, 0.717) is 29.3 Å². The highest BCUT2D eigenvalue weighted by molar-refractivity contribution is 7.13. The highest BCUT2D eigenvalue weighted by atomic mass is 32.1. The predicted molar refractivity (Wildman–Crippen MR) is 160 cm³/mol. The maximum Gasteiger partial charge on any atom is 0.263 e. The smallest absolute Gasteiger partial charge is 0.263 e. The van der Waals surface area contributed by atoms with Crippen molar-refractivity contribution in [2.24, 2.45) is 16.7 Å². The minimum absolute atomic E-state index is 0.0478. The van der Waals surface area contributed by atoms with Crippen molar-refractivity contribution in [3.63, 3.8) is 0 Å². The number of aryl methyl sites for hydroxylation is 1. The molecule has 1 aliphatic heterocycles. The van der Waals surface area contributed by atoms with Gasteiger partial charge in [-0.1, -0.05) is 51.8 Å². The second kappa shape index (κ2) is 12.6. The van der Waals surface area contributed by atoms with E-state index >= 15 is 0 Å². The van der Waals surface area contributed by atoms with Crippen LogP contribution in [0.3, 0.4) is 0 Å². The molecule has 0 bridgehead atoms. The number of carbonyl (C=O) groups is 4. The molecule has 42 heavy (non-hydrogen) atoms. The molecule has 0 radical (unpaired) electrons. The van der Waals surface area contributed by atoms with E-state index in [1.807, 2.05) is 45.9 Å². The molecule has 4 atom stereocenters. The van der Waals surface area contributed by atoms with Crippen LogP contribution in [0.1, 0.15) is 74.5 Å². The second-order valence-electron chi connectivity index (χ2n) is 13.0. The van der Waals surface area contributed by atoms with Gasteiger partial charge in [-0.2, -0.15) is 5.26 Å². The summed E-state index contributed by atoms with van der Waals surface area (Å²) in [6, 6.07) is 8.68. The molecule has 2 aliphatic rings. The van der Waals surface area contributed by atoms with E-state index in [-0.39, 0.29) is 30.2 Å². The summed E-state index contributed by atoms with van der Waals surface area (Å²) < 4.78 is 0. The van der Waals surface area contributed by atoms with Gasteiger partial charge in [0.15, 0.2) is 0 Å². The zero-order chi connectivity index (χ0) is 30.7. The SMILES string of the molecule is Cc1ncc(C(=O)N[C@@H](CC2CC2)C(=O)N[C@@H](CC(C)(C)C)C(=O)N2C[C@@](C)(C(=O)Nc3ccccc3)C[C@H]2C#N)s1. The van der Waals surface area contributed by atoms with E-state index in [0.717, 1.165) is 17.8 Å². The fraction of sp³-hybridized carbons (Fsp3) is 0.548. The van der Waals surface area contributed by atoms with E-state index in [1.165, 1.54) is 22.4 Å². The van der Waals surface area contributed by atoms with Gasteiger partial charge in [0.25, 0.3) is 5.91 Å². The number of nitriles is 1. The van der Waals surface area contributed by atoms with Gasteiger partial charge in [0.1, 0.15) is 23.0 Å². The Morgan fingerprint density at radius 2 is 1.83 bits per heavy atom. The summed E-state index contributed by atoms with van der Waals surface area (Å²) in [6.07, 6.45) is 4.45. The fourth-order valence-corrected chi connectivity index (χ4v) is 5.98. The molecular formula is C31H40N6O4S. The zero-order valence-corrected chi connectivity index (χ0v) is 25.7. The standard InChI is InChI=1S/C31H40N6O4S/c1-19-33-17-25(42-19)27(39)35-23(13-20-11-12-20)26(38)36-24(15-30(2,3)4)28(40)37-18-31(5,14-22(37)16-32)29(41)34-21-9-7-6-8-10-21/h6-10,17,20,22-24H,11-15,18H2,1-5H3,(H,34,41)(H,35,39)(H,36,38)/t22-,23-,24-,31-/m0/s1. The Morgan fingerprint density at radius 3 is 2.40 bits per heavy atom. The van der Waals surface area contributed by atoms with E-state index in [1.54, 1.807) is 19.1 Å². The number of nitrogens with zero attached hydrogens (tertiary/aromatic N) is 3. The van der Waals surface area contributed by atoms with Crippen LogP contribution in [0.25, 0.3) is 0 Å². The fourth-order valence-electron chi connectivity index (χ4n) is 5.30. The number of likely N-dealkylation sites (tertiary alicyclic amines) is 1.